The first-order chi connectivity index (χ1) is 12.3. The van der Waals surface area contributed by atoms with Crippen LogP contribution in [0, 0.1) is 0 Å². The molecule has 0 radical (unpaired) electrons. The number of amides is 1. The van der Waals surface area contributed by atoms with E-state index in [0.29, 0.717) is 23.7 Å². The van der Waals surface area contributed by atoms with Gasteiger partial charge in [0.15, 0.2) is 22.3 Å². The third kappa shape index (κ3) is 4.78. The van der Waals surface area contributed by atoms with Gasteiger partial charge < -0.3 is 19.5 Å². The van der Waals surface area contributed by atoms with Gasteiger partial charge in [0.05, 0.1) is 21.3 Å². The van der Waals surface area contributed by atoms with Gasteiger partial charge in [0.25, 0.3) is 0 Å². The fourth-order valence-electron chi connectivity index (χ4n) is 2.18. The van der Waals surface area contributed by atoms with Crippen LogP contribution in [0.2, 0.25) is 0 Å². The summed E-state index contributed by atoms with van der Waals surface area (Å²) in [5.74, 6) is 0.904. The monoisotopic (exact) mass is 390 g/mol. The highest BCUT2D eigenvalue weighted by Crippen LogP contribution is 2.38. The van der Waals surface area contributed by atoms with Crippen molar-refractivity contribution in [3.05, 3.63) is 28.8 Å². The van der Waals surface area contributed by atoms with Crippen LogP contribution < -0.4 is 19.5 Å². The van der Waals surface area contributed by atoms with Crippen molar-refractivity contribution in [1.82, 2.24) is 4.98 Å². The minimum atomic E-state index is -4.53. The Hall–Kier alpha value is -2.49. The zero-order valence-corrected chi connectivity index (χ0v) is 15.1. The van der Waals surface area contributed by atoms with Crippen LogP contribution in [0.1, 0.15) is 17.7 Å². The van der Waals surface area contributed by atoms with Crippen molar-refractivity contribution >= 4 is 22.4 Å². The van der Waals surface area contributed by atoms with E-state index in [1.807, 2.05) is 0 Å². The molecule has 10 heteroatoms. The van der Waals surface area contributed by atoms with E-state index in [0.717, 1.165) is 22.3 Å². The summed E-state index contributed by atoms with van der Waals surface area (Å²) in [4.78, 5) is 15.3. The van der Waals surface area contributed by atoms with E-state index in [-0.39, 0.29) is 11.6 Å². The molecule has 0 aliphatic heterocycles. The van der Waals surface area contributed by atoms with Gasteiger partial charge in [-0.05, 0) is 24.1 Å². The van der Waals surface area contributed by atoms with Crippen LogP contribution in [0.5, 0.6) is 17.2 Å². The topological polar surface area (TPSA) is 69.7 Å². The number of alkyl halides is 3. The summed E-state index contributed by atoms with van der Waals surface area (Å²) >= 11 is 0.724. The SMILES string of the molecule is COc1cc(CCC(=O)Nc2nc(C(F)(F)F)cs2)cc(OC)c1OC. The van der Waals surface area contributed by atoms with Crippen LogP contribution in [-0.2, 0) is 17.4 Å². The molecule has 0 aliphatic carbocycles. The number of nitrogens with one attached hydrogen (secondary N) is 1. The largest absolute Gasteiger partial charge is 0.493 e. The maximum Gasteiger partial charge on any atom is 0.434 e. The average molecular weight is 390 g/mol. The van der Waals surface area contributed by atoms with Gasteiger partial charge >= 0.3 is 6.18 Å². The lowest BCUT2D eigenvalue weighted by Gasteiger charge is -2.14. The van der Waals surface area contributed by atoms with Gasteiger partial charge in [0.2, 0.25) is 11.7 Å². The summed E-state index contributed by atoms with van der Waals surface area (Å²) in [6.45, 7) is 0. The number of hydrogen-bond acceptors (Lipinski definition) is 6. The molecule has 1 heterocycles. The second-order valence-corrected chi connectivity index (χ2v) is 5.98. The number of rotatable bonds is 7. The predicted molar refractivity (Wildman–Crippen MR) is 90.2 cm³/mol. The summed E-state index contributed by atoms with van der Waals surface area (Å²) < 4.78 is 53.2. The fraction of sp³-hybridized carbons (Fsp3) is 0.375. The fourth-order valence-corrected chi connectivity index (χ4v) is 2.91. The molecule has 0 atom stereocenters. The highest BCUT2D eigenvalue weighted by molar-refractivity contribution is 7.13. The Labute approximate surface area is 151 Å². The van der Waals surface area contributed by atoms with Gasteiger partial charge in [0.1, 0.15) is 0 Å². The van der Waals surface area contributed by atoms with Crippen molar-refractivity contribution in [1.29, 1.82) is 0 Å². The Morgan fingerprint density at radius 1 is 1.15 bits per heavy atom. The number of anilines is 1. The molecule has 0 saturated carbocycles. The third-order valence-corrected chi connectivity index (χ3v) is 4.16. The first-order valence-corrected chi connectivity index (χ1v) is 8.28. The Kier molecular flexibility index (Phi) is 6.30. The van der Waals surface area contributed by atoms with Gasteiger partial charge in [-0.1, -0.05) is 0 Å². The van der Waals surface area contributed by atoms with Gasteiger partial charge in [-0.2, -0.15) is 13.2 Å². The van der Waals surface area contributed by atoms with Crippen LogP contribution in [0.25, 0.3) is 0 Å². The van der Waals surface area contributed by atoms with E-state index in [4.69, 9.17) is 14.2 Å². The Morgan fingerprint density at radius 2 is 1.77 bits per heavy atom. The molecule has 1 N–H and O–H groups in total. The standard InChI is InChI=1S/C16H17F3N2O4S/c1-23-10-6-9(7-11(24-2)14(10)25-3)4-5-13(22)21-15-20-12(8-26-15)16(17,18)19/h6-8H,4-5H2,1-3H3,(H,20,21,22). The van der Waals surface area contributed by atoms with Gasteiger partial charge in [-0.3, -0.25) is 4.79 Å². The maximum atomic E-state index is 12.5. The van der Waals surface area contributed by atoms with Crippen LogP contribution in [0.15, 0.2) is 17.5 Å². The molecule has 0 bridgehead atoms. The van der Waals surface area contributed by atoms with E-state index < -0.39 is 17.8 Å². The Balaban J connectivity index is 2.02. The highest BCUT2D eigenvalue weighted by atomic mass is 32.1. The molecule has 0 unspecified atom stereocenters. The highest BCUT2D eigenvalue weighted by Gasteiger charge is 2.33. The smallest absolute Gasteiger partial charge is 0.434 e. The molecule has 1 aromatic carbocycles. The lowest BCUT2D eigenvalue weighted by Crippen LogP contribution is -2.13. The van der Waals surface area contributed by atoms with Crippen LogP contribution >= 0.6 is 11.3 Å². The van der Waals surface area contributed by atoms with E-state index in [1.54, 1.807) is 12.1 Å². The predicted octanol–water partition coefficient (Wildman–Crippen LogP) is 3.76. The summed E-state index contributed by atoms with van der Waals surface area (Å²) in [5.41, 5.74) is -0.271. The number of benzene rings is 1. The second-order valence-electron chi connectivity index (χ2n) is 5.12. The molecule has 0 saturated heterocycles. The van der Waals surface area contributed by atoms with Gasteiger partial charge in [-0.15, -0.1) is 11.3 Å². The summed E-state index contributed by atoms with van der Waals surface area (Å²) in [6, 6.07) is 3.42. The van der Waals surface area contributed by atoms with Crippen molar-refractivity contribution in [2.24, 2.45) is 0 Å². The number of carbonyl (C=O) groups excluding carboxylic acids is 1. The summed E-state index contributed by atoms with van der Waals surface area (Å²) in [5, 5.41) is 3.13. The third-order valence-electron chi connectivity index (χ3n) is 3.41. The molecule has 26 heavy (non-hydrogen) atoms. The molecule has 0 fully saturated rings. The molecular weight excluding hydrogens is 373 g/mol. The van der Waals surface area contributed by atoms with Crippen molar-refractivity contribution in [2.45, 2.75) is 19.0 Å². The molecule has 142 valence electrons. The van der Waals surface area contributed by atoms with Crippen molar-refractivity contribution in [3.63, 3.8) is 0 Å². The number of thiazole rings is 1. The molecule has 2 aromatic rings. The first kappa shape index (κ1) is 19.8. The number of aromatic nitrogens is 1. The van der Waals surface area contributed by atoms with Gasteiger partial charge in [0, 0.05) is 11.8 Å². The van der Waals surface area contributed by atoms with E-state index in [2.05, 4.69) is 10.3 Å². The van der Waals surface area contributed by atoms with Gasteiger partial charge in [-0.25, -0.2) is 4.98 Å². The molecule has 6 nitrogen and oxygen atoms in total. The number of carbonyl (C=O) groups is 1. The van der Waals surface area contributed by atoms with Crippen LogP contribution in [0.4, 0.5) is 18.3 Å². The zero-order chi connectivity index (χ0) is 19.3. The molecule has 0 spiro atoms. The van der Waals surface area contributed by atoms with Crippen LogP contribution in [0.3, 0.4) is 0 Å². The average Bonchev–Trinajstić information content (AvgIpc) is 3.07. The Morgan fingerprint density at radius 3 is 2.23 bits per heavy atom. The molecule has 0 aliphatic rings. The lowest BCUT2D eigenvalue weighted by molar-refractivity contribution is -0.140. The lowest BCUT2D eigenvalue weighted by atomic mass is 10.1. The van der Waals surface area contributed by atoms with Crippen molar-refractivity contribution < 1.29 is 32.2 Å². The molecule has 1 aromatic heterocycles. The summed E-state index contributed by atoms with van der Waals surface area (Å²) in [7, 11) is 4.44. The van der Waals surface area contributed by atoms with E-state index >= 15 is 0 Å². The number of halogens is 3. The first-order valence-electron chi connectivity index (χ1n) is 7.40. The number of hydrogen-bond donors (Lipinski definition) is 1. The quantitative estimate of drug-likeness (QED) is 0.780. The van der Waals surface area contributed by atoms with E-state index in [9.17, 15) is 18.0 Å². The summed E-state index contributed by atoms with van der Waals surface area (Å²) in [6.07, 6.45) is -4.14. The molecule has 2 rings (SSSR count). The molecule has 1 amide bonds. The van der Waals surface area contributed by atoms with Crippen molar-refractivity contribution in [2.75, 3.05) is 26.6 Å². The molecular formula is C16H17F3N2O4S. The second kappa shape index (κ2) is 8.26. The van der Waals surface area contributed by atoms with Crippen molar-refractivity contribution in [3.8, 4) is 17.2 Å². The normalized spacial score (nSPS) is 11.2. The van der Waals surface area contributed by atoms with Crippen LogP contribution in [-0.4, -0.2) is 32.2 Å². The number of aryl methyl sites for hydroxylation is 1. The maximum absolute atomic E-state index is 12.5. The number of methoxy groups -OCH3 is 3. The minimum absolute atomic E-state index is 0.0551. The number of ether oxygens (including phenoxy) is 3. The number of nitrogens with zero attached hydrogens (tertiary/aromatic N) is 1. The zero-order valence-electron chi connectivity index (χ0n) is 14.3. The Bertz CT molecular complexity index is 752. The minimum Gasteiger partial charge on any atom is -0.493 e. The van der Waals surface area contributed by atoms with E-state index in [1.165, 1.54) is 21.3 Å².